The van der Waals surface area contributed by atoms with E-state index in [0.717, 1.165) is 13.1 Å². The lowest BCUT2D eigenvalue weighted by Gasteiger charge is -2.40. The zero-order valence-corrected chi connectivity index (χ0v) is 8.36. The van der Waals surface area contributed by atoms with Crippen molar-refractivity contribution >= 4 is 18.6 Å². The van der Waals surface area contributed by atoms with Crippen molar-refractivity contribution in [3.8, 4) is 0 Å². The van der Waals surface area contributed by atoms with Crippen molar-refractivity contribution < 1.29 is 9.53 Å². The number of esters is 1. The molecule has 0 atom stereocenters. The molecule has 0 bridgehead atoms. The highest BCUT2D eigenvalue weighted by atomic mass is 32.1. The molecule has 0 aromatic heterocycles. The first-order valence-electron chi connectivity index (χ1n) is 4.09. The molecule has 1 aliphatic rings. The van der Waals surface area contributed by atoms with Crippen molar-refractivity contribution in [1.82, 2.24) is 5.32 Å². The minimum absolute atomic E-state index is 0.156. The molecule has 0 unspecified atom stereocenters. The average molecular weight is 189 g/mol. The monoisotopic (exact) mass is 189 g/mol. The van der Waals surface area contributed by atoms with Crippen LogP contribution in [0, 0.1) is 5.92 Å². The van der Waals surface area contributed by atoms with Gasteiger partial charge in [-0.25, -0.2) is 0 Å². The van der Waals surface area contributed by atoms with Gasteiger partial charge in [0.25, 0.3) is 0 Å². The van der Waals surface area contributed by atoms with Crippen LogP contribution in [0.2, 0.25) is 0 Å². The third-order valence-electron chi connectivity index (χ3n) is 2.27. The number of thiol groups is 1. The van der Waals surface area contributed by atoms with Gasteiger partial charge in [-0.1, -0.05) is 0 Å². The van der Waals surface area contributed by atoms with E-state index in [1.807, 2.05) is 13.8 Å². The lowest BCUT2D eigenvalue weighted by atomic mass is 9.86. The summed E-state index contributed by atoms with van der Waals surface area (Å²) in [5.74, 6) is 0.361. The van der Waals surface area contributed by atoms with Crippen molar-refractivity contribution in [2.24, 2.45) is 5.92 Å². The minimum Gasteiger partial charge on any atom is -0.459 e. The van der Waals surface area contributed by atoms with Gasteiger partial charge in [-0.15, -0.1) is 0 Å². The van der Waals surface area contributed by atoms with E-state index in [4.69, 9.17) is 4.74 Å². The topological polar surface area (TPSA) is 38.3 Å². The quantitative estimate of drug-likeness (QED) is 0.500. The van der Waals surface area contributed by atoms with Gasteiger partial charge in [0.05, 0.1) is 5.75 Å². The van der Waals surface area contributed by atoms with Crippen LogP contribution in [0.3, 0.4) is 0 Å². The van der Waals surface area contributed by atoms with E-state index in [1.54, 1.807) is 0 Å². The second-order valence-corrected chi connectivity index (χ2v) is 3.91. The largest absolute Gasteiger partial charge is 0.459 e. The number of hydrogen-bond donors (Lipinski definition) is 2. The number of carbonyl (C=O) groups is 1. The molecule has 0 saturated carbocycles. The summed E-state index contributed by atoms with van der Waals surface area (Å²) < 4.78 is 5.24. The van der Waals surface area contributed by atoms with Crippen molar-refractivity contribution in [1.29, 1.82) is 0 Å². The van der Waals surface area contributed by atoms with E-state index >= 15 is 0 Å². The molecule has 0 spiro atoms. The molecule has 3 nitrogen and oxygen atoms in total. The molecular formula is C8H15NO2S. The lowest BCUT2D eigenvalue weighted by Crippen LogP contribution is -2.54. The summed E-state index contributed by atoms with van der Waals surface area (Å²) in [5.41, 5.74) is -0.342. The molecule has 1 heterocycles. The van der Waals surface area contributed by atoms with Gasteiger partial charge in [0, 0.05) is 19.0 Å². The summed E-state index contributed by atoms with van der Waals surface area (Å²) in [6.45, 7) is 5.76. The summed E-state index contributed by atoms with van der Waals surface area (Å²) in [6, 6.07) is 0. The fraction of sp³-hybridized carbons (Fsp3) is 0.875. The van der Waals surface area contributed by atoms with Crippen molar-refractivity contribution in [2.75, 3.05) is 18.8 Å². The van der Waals surface area contributed by atoms with Crippen LogP contribution in [0.25, 0.3) is 0 Å². The van der Waals surface area contributed by atoms with Crippen molar-refractivity contribution in [3.63, 3.8) is 0 Å². The fourth-order valence-corrected chi connectivity index (χ4v) is 1.25. The molecule has 1 fully saturated rings. The van der Waals surface area contributed by atoms with E-state index in [0.29, 0.717) is 5.92 Å². The van der Waals surface area contributed by atoms with E-state index in [9.17, 15) is 4.79 Å². The normalized spacial score (nSPS) is 18.6. The molecule has 4 heteroatoms. The zero-order chi connectivity index (χ0) is 9.19. The number of nitrogens with one attached hydrogen (secondary N) is 1. The minimum atomic E-state index is -0.342. The maximum absolute atomic E-state index is 11.0. The first-order valence-corrected chi connectivity index (χ1v) is 4.73. The van der Waals surface area contributed by atoms with Crippen LogP contribution in [-0.4, -0.2) is 30.4 Å². The number of rotatable bonds is 3. The molecule has 1 aliphatic heterocycles. The molecule has 0 aromatic carbocycles. The summed E-state index contributed by atoms with van der Waals surface area (Å²) in [4.78, 5) is 11.0. The SMILES string of the molecule is CC(C)(OC(=O)CS)C1CNC1. The summed E-state index contributed by atoms with van der Waals surface area (Å²) in [7, 11) is 0. The Balaban J connectivity index is 2.41. The van der Waals surface area contributed by atoms with Crippen molar-refractivity contribution in [3.05, 3.63) is 0 Å². The third kappa shape index (κ3) is 2.14. The van der Waals surface area contributed by atoms with E-state index in [-0.39, 0.29) is 17.3 Å². The Bertz CT molecular complexity index is 178. The highest BCUT2D eigenvalue weighted by Crippen LogP contribution is 2.24. The lowest BCUT2D eigenvalue weighted by molar-refractivity contribution is -0.160. The summed E-state index contributed by atoms with van der Waals surface area (Å²) in [6.07, 6.45) is 0. The third-order valence-corrected chi connectivity index (χ3v) is 2.53. The fourth-order valence-electron chi connectivity index (χ4n) is 1.19. The molecule has 0 aliphatic carbocycles. The number of ether oxygens (including phenoxy) is 1. The highest BCUT2D eigenvalue weighted by molar-refractivity contribution is 7.81. The van der Waals surface area contributed by atoms with Gasteiger partial charge in [0.1, 0.15) is 5.60 Å². The standard InChI is InChI=1S/C8H15NO2S/c1-8(2,6-3-9-4-6)11-7(10)5-12/h6,9,12H,3-5H2,1-2H3. The van der Waals surface area contributed by atoms with Gasteiger partial charge in [-0.05, 0) is 13.8 Å². The van der Waals surface area contributed by atoms with Crippen LogP contribution in [0.1, 0.15) is 13.8 Å². The molecule has 12 heavy (non-hydrogen) atoms. The zero-order valence-electron chi connectivity index (χ0n) is 7.46. The van der Waals surface area contributed by atoms with Crippen LogP contribution in [-0.2, 0) is 9.53 Å². The van der Waals surface area contributed by atoms with Crippen LogP contribution < -0.4 is 5.32 Å². The van der Waals surface area contributed by atoms with Crippen LogP contribution >= 0.6 is 12.6 Å². The predicted octanol–water partition coefficient (Wildman–Crippen LogP) is 0.457. The molecule has 0 amide bonds. The second-order valence-electron chi connectivity index (χ2n) is 3.59. The Morgan fingerprint density at radius 3 is 2.58 bits per heavy atom. The molecule has 1 rings (SSSR count). The first-order chi connectivity index (χ1) is 5.56. The predicted molar refractivity (Wildman–Crippen MR) is 50.4 cm³/mol. The maximum Gasteiger partial charge on any atom is 0.316 e. The summed E-state index contributed by atoms with van der Waals surface area (Å²) in [5, 5.41) is 3.15. The first kappa shape index (κ1) is 9.86. The maximum atomic E-state index is 11.0. The Morgan fingerprint density at radius 2 is 2.25 bits per heavy atom. The van der Waals surface area contributed by atoms with Crippen LogP contribution in [0.4, 0.5) is 0 Å². The second kappa shape index (κ2) is 3.66. The van der Waals surface area contributed by atoms with Gasteiger partial charge >= 0.3 is 5.97 Å². The van der Waals surface area contributed by atoms with Crippen LogP contribution in [0.5, 0.6) is 0 Å². The Morgan fingerprint density at radius 1 is 1.67 bits per heavy atom. The summed E-state index contributed by atoms with van der Waals surface area (Å²) >= 11 is 3.85. The Hall–Kier alpha value is -0.220. The average Bonchev–Trinajstić information content (AvgIpc) is 1.80. The number of hydrogen-bond acceptors (Lipinski definition) is 4. The highest BCUT2D eigenvalue weighted by Gasteiger charge is 2.36. The van der Waals surface area contributed by atoms with Gasteiger partial charge in [-0.2, -0.15) is 12.6 Å². The molecule has 70 valence electrons. The Labute approximate surface area is 78.3 Å². The molecule has 1 N–H and O–H groups in total. The molecule has 0 radical (unpaired) electrons. The smallest absolute Gasteiger partial charge is 0.316 e. The molecular weight excluding hydrogens is 174 g/mol. The van der Waals surface area contributed by atoms with Gasteiger partial charge in [0.15, 0.2) is 0 Å². The van der Waals surface area contributed by atoms with E-state index in [2.05, 4.69) is 17.9 Å². The van der Waals surface area contributed by atoms with Crippen LogP contribution in [0.15, 0.2) is 0 Å². The van der Waals surface area contributed by atoms with Gasteiger partial charge in [0.2, 0.25) is 0 Å². The van der Waals surface area contributed by atoms with Crippen molar-refractivity contribution in [2.45, 2.75) is 19.4 Å². The number of carbonyl (C=O) groups excluding carboxylic acids is 1. The van der Waals surface area contributed by atoms with Gasteiger partial charge in [-0.3, -0.25) is 4.79 Å². The molecule has 0 aromatic rings. The Kier molecular flexibility index (Phi) is 3.01. The van der Waals surface area contributed by atoms with E-state index < -0.39 is 0 Å². The van der Waals surface area contributed by atoms with E-state index in [1.165, 1.54) is 0 Å². The van der Waals surface area contributed by atoms with Gasteiger partial charge < -0.3 is 10.1 Å². The molecule has 1 saturated heterocycles.